The summed E-state index contributed by atoms with van der Waals surface area (Å²) in [6.07, 6.45) is -15.1. The molecule has 10 N–H and O–H groups in total. The number of hydroxylamine groups is 1. The largest absolute Gasteiger partial charge is 0.394 e. The lowest BCUT2D eigenvalue weighted by atomic mass is 9.97. The van der Waals surface area contributed by atoms with Crippen LogP contribution in [0.15, 0.2) is 0 Å². The van der Waals surface area contributed by atoms with Gasteiger partial charge in [0.05, 0.1) is 13.2 Å². The highest BCUT2D eigenvalue weighted by Gasteiger charge is 2.50. The maximum atomic E-state index is 10.4. The summed E-state index contributed by atoms with van der Waals surface area (Å²) in [6.45, 7) is -1.59. The highest BCUT2D eigenvalue weighted by molar-refractivity contribution is 4.93. The van der Waals surface area contributed by atoms with Gasteiger partial charge in [-0.05, 0) is 0 Å². The Kier molecular flexibility index (Phi) is 8.86. The van der Waals surface area contributed by atoms with Crippen molar-refractivity contribution in [2.75, 3.05) is 27.0 Å². The van der Waals surface area contributed by atoms with E-state index in [4.69, 9.17) is 24.2 Å². The van der Waals surface area contributed by atoms with E-state index in [1.165, 1.54) is 7.05 Å². The zero-order valence-corrected chi connectivity index (χ0v) is 15.1. The van der Waals surface area contributed by atoms with E-state index < -0.39 is 74.6 Å². The molecule has 0 saturated carbocycles. The first-order valence-electron chi connectivity index (χ1n) is 8.67. The summed E-state index contributed by atoms with van der Waals surface area (Å²) in [5.41, 5.74) is 2.42. The fourth-order valence-electron chi connectivity index (χ4n) is 2.92. The van der Waals surface area contributed by atoms with E-state index in [9.17, 15) is 35.7 Å². The molecule has 2 rings (SSSR count). The van der Waals surface area contributed by atoms with Gasteiger partial charge < -0.3 is 54.7 Å². The lowest BCUT2D eigenvalue weighted by Gasteiger charge is -2.45. The number of quaternary nitrogens is 1. The Bertz CT molecular complexity index is 470. The van der Waals surface area contributed by atoms with E-state index in [0.717, 1.165) is 0 Å². The molecule has 2 heterocycles. The Morgan fingerprint density at radius 3 is 1.96 bits per heavy atom. The molecule has 2 aliphatic heterocycles. The number of ether oxygens (including phenoxy) is 4. The van der Waals surface area contributed by atoms with Gasteiger partial charge in [-0.15, -0.1) is 10.6 Å². The first-order valence-corrected chi connectivity index (χ1v) is 8.67. The summed E-state index contributed by atoms with van der Waals surface area (Å²) in [4.78, 5) is 0. The Morgan fingerprint density at radius 1 is 0.821 bits per heavy atom. The molecule has 0 aliphatic carbocycles. The predicted molar refractivity (Wildman–Crippen MR) is 84.2 cm³/mol. The SMILES string of the molecule is C[NH+](O)NCOC1OC(CO)C(OC2OC(CO)C(O)C(O)C2O)C(O)C1O. The molecule has 0 spiro atoms. The molecule has 0 aromatic carbocycles. The minimum Gasteiger partial charge on any atom is -0.394 e. The first-order chi connectivity index (χ1) is 13.2. The summed E-state index contributed by atoms with van der Waals surface area (Å²) in [6, 6.07) is 0. The average Bonchev–Trinajstić information content (AvgIpc) is 2.66. The third-order valence-electron chi connectivity index (χ3n) is 4.54. The molecule has 0 aromatic heterocycles. The fraction of sp³-hybridized carbons (Fsp3) is 1.00. The summed E-state index contributed by atoms with van der Waals surface area (Å²) < 4.78 is 21.1. The van der Waals surface area contributed by atoms with Crippen molar-refractivity contribution in [2.45, 2.75) is 61.4 Å². The van der Waals surface area contributed by atoms with Crippen LogP contribution in [0, 0.1) is 0 Å². The van der Waals surface area contributed by atoms with Crippen LogP contribution in [0.25, 0.3) is 0 Å². The minimum atomic E-state index is -1.73. The fourth-order valence-corrected chi connectivity index (χ4v) is 2.92. The van der Waals surface area contributed by atoms with E-state index in [-0.39, 0.29) is 11.9 Å². The lowest BCUT2D eigenvalue weighted by molar-refractivity contribution is -1.11. The second kappa shape index (κ2) is 10.5. The van der Waals surface area contributed by atoms with Crippen molar-refractivity contribution >= 4 is 0 Å². The normalized spacial score (nSPS) is 45.8. The van der Waals surface area contributed by atoms with Crippen LogP contribution in [-0.4, -0.2) is 129 Å². The average molecular weight is 417 g/mol. The predicted octanol–water partition coefficient (Wildman–Crippen LogP) is -7.01. The standard InChI is InChI=1S/C14H28N2O12/c1-16(24)15-4-25-13-11(23)9(21)12(6(3-18)27-13)28-14-10(22)8(20)7(19)5(2-17)26-14/h5-15,17-24H,2-4H2,1H3/p+1. The number of aliphatic hydroxyl groups excluding tert-OH is 7. The van der Waals surface area contributed by atoms with Crippen LogP contribution < -0.4 is 10.6 Å². The molecule has 28 heavy (non-hydrogen) atoms. The molecular formula is C14H29N2O12+. The van der Waals surface area contributed by atoms with Crippen LogP contribution >= 0.6 is 0 Å². The van der Waals surface area contributed by atoms with Gasteiger partial charge in [0.2, 0.25) is 0 Å². The van der Waals surface area contributed by atoms with Gasteiger partial charge in [0, 0.05) is 0 Å². The van der Waals surface area contributed by atoms with Crippen molar-refractivity contribution in [3.63, 3.8) is 0 Å². The second-order valence-corrected chi connectivity index (χ2v) is 6.58. The zero-order chi connectivity index (χ0) is 21.0. The molecule has 14 nitrogen and oxygen atoms in total. The van der Waals surface area contributed by atoms with E-state index in [1.807, 2.05) is 0 Å². The van der Waals surface area contributed by atoms with Gasteiger partial charge in [-0.2, -0.15) is 5.21 Å². The number of nitrogens with one attached hydrogen (secondary N) is 2. The highest BCUT2D eigenvalue weighted by Crippen LogP contribution is 2.29. The molecule has 0 aromatic rings. The van der Waals surface area contributed by atoms with Crippen LogP contribution in [0.3, 0.4) is 0 Å². The number of hydrogen-bond donors (Lipinski definition) is 10. The molecule has 0 radical (unpaired) electrons. The van der Waals surface area contributed by atoms with Gasteiger partial charge in [-0.25, -0.2) is 0 Å². The van der Waals surface area contributed by atoms with Crippen LogP contribution in [0.5, 0.6) is 0 Å². The number of aliphatic hydroxyl groups is 7. The molecule has 11 atom stereocenters. The minimum absolute atomic E-state index is 0.145. The monoisotopic (exact) mass is 417 g/mol. The second-order valence-electron chi connectivity index (χ2n) is 6.58. The first kappa shape index (κ1) is 23.7. The molecule has 2 aliphatic rings. The molecule has 0 bridgehead atoms. The highest BCUT2D eigenvalue weighted by atomic mass is 16.7. The molecule has 14 heteroatoms. The molecule has 0 amide bonds. The van der Waals surface area contributed by atoms with Crippen LogP contribution in [0.4, 0.5) is 0 Å². The Labute approximate surface area is 160 Å². The van der Waals surface area contributed by atoms with E-state index >= 15 is 0 Å². The van der Waals surface area contributed by atoms with Crippen LogP contribution in [-0.2, 0) is 18.9 Å². The van der Waals surface area contributed by atoms with Gasteiger partial charge in [-0.3, -0.25) is 0 Å². The van der Waals surface area contributed by atoms with Crippen molar-refractivity contribution in [2.24, 2.45) is 0 Å². The van der Waals surface area contributed by atoms with E-state index in [1.54, 1.807) is 0 Å². The molecule has 11 unspecified atom stereocenters. The smallest absolute Gasteiger partial charge is 0.188 e. The van der Waals surface area contributed by atoms with E-state index in [0.29, 0.717) is 0 Å². The Hall–Kier alpha value is -0.560. The molecule has 166 valence electrons. The maximum Gasteiger partial charge on any atom is 0.188 e. The lowest BCUT2D eigenvalue weighted by Crippen LogP contribution is -3.13. The third kappa shape index (κ3) is 5.32. The molecular weight excluding hydrogens is 388 g/mol. The van der Waals surface area contributed by atoms with Gasteiger partial charge >= 0.3 is 0 Å². The quantitative estimate of drug-likeness (QED) is 0.131. The topological polar surface area (TPSA) is 215 Å². The van der Waals surface area contributed by atoms with Gasteiger partial charge in [0.15, 0.2) is 12.6 Å². The maximum absolute atomic E-state index is 10.4. The third-order valence-corrected chi connectivity index (χ3v) is 4.54. The van der Waals surface area contributed by atoms with Crippen LogP contribution in [0.2, 0.25) is 0 Å². The van der Waals surface area contributed by atoms with Gasteiger partial charge in [0.25, 0.3) is 0 Å². The van der Waals surface area contributed by atoms with Crippen LogP contribution in [0.1, 0.15) is 0 Å². The van der Waals surface area contributed by atoms with Gasteiger partial charge in [-0.1, -0.05) is 0 Å². The van der Waals surface area contributed by atoms with Gasteiger partial charge in [0.1, 0.15) is 62.6 Å². The summed E-state index contributed by atoms with van der Waals surface area (Å²) in [5, 5.41) is 77.8. The molecule has 2 fully saturated rings. The van der Waals surface area contributed by atoms with Crippen molar-refractivity contribution in [1.82, 2.24) is 5.43 Å². The van der Waals surface area contributed by atoms with Crippen molar-refractivity contribution in [1.29, 1.82) is 0 Å². The van der Waals surface area contributed by atoms with Crippen molar-refractivity contribution in [3.05, 3.63) is 0 Å². The Balaban J connectivity index is 2.04. The Morgan fingerprint density at radius 2 is 1.39 bits per heavy atom. The van der Waals surface area contributed by atoms with Crippen molar-refractivity contribution < 1.29 is 65.1 Å². The van der Waals surface area contributed by atoms with Crippen molar-refractivity contribution in [3.8, 4) is 0 Å². The van der Waals surface area contributed by atoms with E-state index in [2.05, 4.69) is 5.43 Å². The molecule has 2 saturated heterocycles. The number of hydrogen-bond acceptors (Lipinski definition) is 13. The summed E-state index contributed by atoms with van der Waals surface area (Å²) in [5.74, 6) is 0. The summed E-state index contributed by atoms with van der Waals surface area (Å²) in [7, 11) is 1.36. The summed E-state index contributed by atoms with van der Waals surface area (Å²) >= 11 is 0. The number of rotatable bonds is 8. The zero-order valence-electron chi connectivity index (χ0n) is 15.1.